The third kappa shape index (κ3) is 4.95. The molecular weight excluding hydrogens is 407 g/mol. The molecule has 6 heteroatoms. The molecule has 1 unspecified atom stereocenters. The number of rotatable bonds is 7. The number of amides is 1. The van der Waals surface area contributed by atoms with E-state index in [2.05, 4.69) is 11.9 Å². The van der Waals surface area contributed by atoms with Gasteiger partial charge in [-0.3, -0.25) is 4.79 Å². The smallest absolute Gasteiger partial charge is 0.253 e. The van der Waals surface area contributed by atoms with Crippen LogP contribution >= 0.6 is 23.2 Å². The number of carbonyl (C=O) groups excluding carboxylic acids is 1. The van der Waals surface area contributed by atoms with Crippen LogP contribution in [-0.4, -0.2) is 35.5 Å². The van der Waals surface area contributed by atoms with E-state index in [4.69, 9.17) is 23.2 Å². The van der Waals surface area contributed by atoms with Crippen molar-refractivity contribution in [3.8, 4) is 0 Å². The van der Waals surface area contributed by atoms with Gasteiger partial charge in [0.25, 0.3) is 5.91 Å². The lowest BCUT2D eigenvalue weighted by Gasteiger charge is -2.24. The van der Waals surface area contributed by atoms with Crippen LogP contribution < -0.4 is 5.32 Å². The predicted molar refractivity (Wildman–Crippen MR) is 118 cm³/mol. The van der Waals surface area contributed by atoms with E-state index in [-0.39, 0.29) is 17.7 Å². The third-order valence-electron chi connectivity index (χ3n) is 5.18. The normalized spacial score (nSPS) is 16.4. The highest BCUT2D eigenvalue weighted by Crippen LogP contribution is 2.32. The number of hydrogen-bond acceptors (Lipinski definition) is 3. The van der Waals surface area contributed by atoms with Crippen molar-refractivity contribution in [1.82, 2.24) is 10.2 Å². The zero-order chi connectivity index (χ0) is 21.0. The molecule has 0 spiro atoms. The van der Waals surface area contributed by atoms with Crippen LogP contribution in [0.3, 0.4) is 0 Å². The second kappa shape index (κ2) is 9.38. The Morgan fingerprint density at radius 1 is 1.14 bits per heavy atom. The van der Waals surface area contributed by atoms with E-state index >= 15 is 0 Å². The molecule has 0 radical (unpaired) electrons. The summed E-state index contributed by atoms with van der Waals surface area (Å²) in [5, 5.41) is 14.5. The van der Waals surface area contributed by atoms with Gasteiger partial charge in [0.15, 0.2) is 0 Å². The van der Waals surface area contributed by atoms with Gasteiger partial charge < -0.3 is 15.3 Å². The Kier molecular flexibility index (Phi) is 6.88. The molecule has 0 saturated heterocycles. The van der Waals surface area contributed by atoms with Crippen LogP contribution in [0.15, 0.2) is 72.1 Å². The zero-order valence-corrected chi connectivity index (χ0v) is 17.8. The molecule has 4 nitrogen and oxygen atoms in total. The van der Waals surface area contributed by atoms with Gasteiger partial charge in [-0.2, -0.15) is 0 Å². The molecule has 0 saturated carbocycles. The first-order chi connectivity index (χ1) is 13.9. The van der Waals surface area contributed by atoms with Crippen molar-refractivity contribution in [1.29, 1.82) is 0 Å². The third-order valence-corrected chi connectivity index (χ3v) is 5.92. The van der Waals surface area contributed by atoms with Crippen molar-refractivity contribution in [2.75, 3.05) is 13.6 Å². The van der Waals surface area contributed by atoms with Crippen LogP contribution in [0.25, 0.3) is 0 Å². The summed E-state index contributed by atoms with van der Waals surface area (Å²) < 4.78 is 0. The number of halogens is 2. The number of likely N-dealkylation sites (N-methyl/N-ethyl adjacent to an activating group) is 1. The minimum absolute atomic E-state index is 0.0320. The van der Waals surface area contributed by atoms with Crippen molar-refractivity contribution in [3.05, 3.63) is 93.3 Å². The number of aryl methyl sites for hydroxylation is 1. The van der Waals surface area contributed by atoms with Crippen LogP contribution in [-0.2, 0) is 17.6 Å². The summed E-state index contributed by atoms with van der Waals surface area (Å²) >= 11 is 12.0. The maximum atomic E-state index is 12.8. The number of nitrogens with zero attached hydrogens (tertiary/aromatic N) is 1. The fourth-order valence-corrected chi connectivity index (χ4v) is 3.80. The Morgan fingerprint density at radius 2 is 1.86 bits per heavy atom. The second-order valence-electron chi connectivity index (χ2n) is 7.13. The van der Waals surface area contributed by atoms with Crippen molar-refractivity contribution in [3.63, 3.8) is 0 Å². The number of aliphatic hydroxyl groups is 1. The van der Waals surface area contributed by atoms with Gasteiger partial charge >= 0.3 is 0 Å². The van der Waals surface area contributed by atoms with Crippen molar-refractivity contribution < 1.29 is 9.90 Å². The maximum absolute atomic E-state index is 12.8. The molecule has 0 aromatic heterocycles. The van der Waals surface area contributed by atoms with E-state index in [1.54, 1.807) is 6.07 Å². The highest BCUT2D eigenvalue weighted by atomic mass is 35.5. The van der Waals surface area contributed by atoms with E-state index < -0.39 is 0 Å². The Hall–Kier alpha value is -2.43. The van der Waals surface area contributed by atoms with Gasteiger partial charge in [0.2, 0.25) is 0 Å². The molecule has 152 valence electrons. The second-order valence-corrected chi connectivity index (χ2v) is 7.95. The minimum Gasteiger partial charge on any atom is -0.505 e. The van der Waals surface area contributed by atoms with Crippen molar-refractivity contribution in [2.45, 2.75) is 25.3 Å². The molecule has 0 fully saturated rings. The highest BCUT2D eigenvalue weighted by molar-refractivity contribution is 6.42. The maximum Gasteiger partial charge on any atom is 0.253 e. The molecular formula is C23H24Cl2N2O2. The van der Waals surface area contributed by atoms with Gasteiger partial charge in [0.05, 0.1) is 27.4 Å². The molecule has 1 aliphatic rings. The van der Waals surface area contributed by atoms with Gasteiger partial charge in [-0.15, -0.1) is 0 Å². The van der Waals surface area contributed by atoms with E-state index in [9.17, 15) is 9.90 Å². The predicted octanol–water partition coefficient (Wildman–Crippen LogP) is 4.92. The summed E-state index contributed by atoms with van der Waals surface area (Å²) in [4.78, 5) is 14.7. The summed E-state index contributed by atoms with van der Waals surface area (Å²) in [6.45, 7) is 4.40. The summed E-state index contributed by atoms with van der Waals surface area (Å²) in [7, 11) is 1.84. The fourth-order valence-electron chi connectivity index (χ4n) is 3.48. The molecule has 1 atom stereocenters. The van der Waals surface area contributed by atoms with Crippen molar-refractivity contribution in [2.24, 2.45) is 0 Å². The number of aliphatic hydroxyl groups excluding tert-OH is 1. The number of nitrogens with one attached hydrogen (secondary N) is 1. The fraction of sp³-hybridized carbons (Fsp3) is 0.261. The van der Waals surface area contributed by atoms with Gasteiger partial charge in [0, 0.05) is 13.6 Å². The lowest BCUT2D eigenvalue weighted by atomic mass is 9.99. The first-order valence-electron chi connectivity index (χ1n) is 9.49. The largest absolute Gasteiger partial charge is 0.505 e. The molecule has 0 bridgehead atoms. The molecule has 1 heterocycles. The van der Waals surface area contributed by atoms with E-state index in [1.165, 1.54) is 0 Å². The van der Waals surface area contributed by atoms with Crippen molar-refractivity contribution >= 4 is 29.1 Å². The number of benzene rings is 2. The molecule has 1 amide bonds. The highest BCUT2D eigenvalue weighted by Gasteiger charge is 2.37. The molecule has 2 aromatic carbocycles. The zero-order valence-electron chi connectivity index (χ0n) is 16.3. The summed E-state index contributed by atoms with van der Waals surface area (Å²) in [5.74, 6) is -0.293. The van der Waals surface area contributed by atoms with E-state index in [1.807, 2.05) is 54.4 Å². The van der Waals surface area contributed by atoms with E-state index in [0.29, 0.717) is 34.3 Å². The van der Waals surface area contributed by atoms with Gasteiger partial charge in [-0.1, -0.05) is 66.2 Å². The molecule has 29 heavy (non-hydrogen) atoms. The van der Waals surface area contributed by atoms with Gasteiger partial charge in [0.1, 0.15) is 5.76 Å². The van der Waals surface area contributed by atoms with Crippen LogP contribution in [0.2, 0.25) is 10.0 Å². The summed E-state index contributed by atoms with van der Waals surface area (Å²) in [5.41, 5.74) is 2.99. The van der Waals surface area contributed by atoms with Crippen LogP contribution in [0, 0.1) is 0 Å². The summed E-state index contributed by atoms with van der Waals surface area (Å²) in [6.07, 6.45) is 2.13. The Labute approximate surface area is 181 Å². The van der Waals surface area contributed by atoms with Crippen LogP contribution in [0.4, 0.5) is 0 Å². The SMILES string of the molecule is C=C1C(O)=C(C(=O)NCCCc2ccc(Cl)c(Cl)c2)C(Cc2ccccc2)N1C. The lowest BCUT2D eigenvalue weighted by molar-refractivity contribution is -0.118. The quantitative estimate of drug-likeness (QED) is 0.612. The Bertz CT molecular complexity index is 941. The van der Waals surface area contributed by atoms with Gasteiger partial charge in [-0.05, 0) is 42.5 Å². The van der Waals surface area contributed by atoms with Crippen LogP contribution in [0.5, 0.6) is 0 Å². The first kappa shape index (κ1) is 21.3. The Balaban J connectivity index is 1.61. The minimum atomic E-state index is -0.261. The Morgan fingerprint density at radius 3 is 2.55 bits per heavy atom. The van der Waals surface area contributed by atoms with Crippen LogP contribution in [0.1, 0.15) is 17.5 Å². The average Bonchev–Trinajstić information content (AvgIpc) is 2.92. The molecule has 2 N–H and O–H groups in total. The number of carbonyl (C=O) groups is 1. The topological polar surface area (TPSA) is 52.6 Å². The average molecular weight is 431 g/mol. The lowest BCUT2D eigenvalue weighted by Crippen LogP contribution is -2.36. The standard InChI is InChI=1S/C23H24Cl2N2O2/c1-15-22(28)21(20(27(15)2)14-16-7-4-3-5-8-16)23(29)26-12-6-9-17-10-11-18(24)19(25)13-17/h3-5,7-8,10-11,13,20,28H,1,6,9,12,14H2,2H3,(H,26,29). The first-order valence-corrected chi connectivity index (χ1v) is 10.3. The number of hydrogen-bond donors (Lipinski definition) is 2. The van der Waals surface area contributed by atoms with E-state index in [0.717, 1.165) is 24.0 Å². The molecule has 0 aliphatic carbocycles. The molecule has 3 rings (SSSR count). The molecule has 2 aromatic rings. The molecule has 1 aliphatic heterocycles. The van der Waals surface area contributed by atoms with Gasteiger partial charge in [-0.25, -0.2) is 0 Å². The summed E-state index contributed by atoms with van der Waals surface area (Å²) in [6, 6.07) is 15.2. The monoisotopic (exact) mass is 430 g/mol.